The molecule has 0 spiro atoms. The van der Waals surface area contributed by atoms with Crippen LogP contribution in [0.25, 0.3) is 0 Å². The van der Waals surface area contributed by atoms with Crippen LogP contribution in [0.5, 0.6) is 0 Å². The van der Waals surface area contributed by atoms with Crippen molar-refractivity contribution in [2.24, 2.45) is 5.10 Å². The van der Waals surface area contributed by atoms with Gasteiger partial charge >= 0.3 is 11.8 Å². The SMILES string of the molecule is CC(CC(=O)Nc1ccc(C)c(Cl)c1)=NNC(=O)C(=O)NCCO. The number of aliphatic hydroxyl groups excluding tert-OH is 1. The Morgan fingerprint density at radius 3 is 2.58 bits per heavy atom. The fourth-order valence-electron chi connectivity index (χ4n) is 1.59. The quantitative estimate of drug-likeness (QED) is 0.339. The molecule has 0 aliphatic heterocycles. The van der Waals surface area contributed by atoms with E-state index in [0.29, 0.717) is 16.4 Å². The van der Waals surface area contributed by atoms with Crippen LogP contribution in [0, 0.1) is 6.92 Å². The van der Waals surface area contributed by atoms with Gasteiger partial charge in [-0.3, -0.25) is 14.4 Å². The molecule has 24 heavy (non-hydrogen) atoms. The number of nitrogens with zero attached hydrogens (tertiary/aromatic N) is 1. The molecule has 3 amide bonds. The molecule has 0 fully saturated rings. The van der Waals surface area contributed by atoms with Crippen molar-refractivity contribution in [1.29, 1.82) is 0 Å². The number of aryl methyl sites for hydroxylation is 1. The van der Waals surface area contributed by atoms with E-state index in [9.17, 15) is 14.4 Å². The second kappa shape index (κ2) is 9.64. The predicted molar refractivity (Wildman–Crippen MR) is 90.8 cm³/mol. The first-order valence-electron chi connectivity index (χ1n) is 7.11. The van der Waals surface area contributed by atoms with Crippen LogP contribution < -0.4 is 16.1 Å². The molecule has 0 aromatic heterocycles. The number of aliphatic hydroxyl groups is 1. The van der Waals surface area contributed by atoms with Gasteiger partial charge in [0.25, 0.3) is 0 Å². The predicted octanol–water partition coefficient (Wildman–Crippen LogP) is 0.578. The first-order valence-corrected chi connectivity index (χ1v) is 7.49. The summed E-state index contributed by atoms with van der Waals surface area (Å²) >= 11 is 5.98. The molecule has 0 saturated carbocycles. The molecule has 4 N–H and O–H groups in total. The summed E-state index contributed by atoms with van der Waals surface area (Å²) in [5.74, 6) is -2.23. The zero-order valence-electron chi connectivity index (χ0n) is 13.4. The van der Waals surface area contributed by atoms with E-state index in [1.165, 1.54) is 6.92 Å². The van der Waals surface area contributed by atoms with E-state index >= 15 is 0 Å². The van der Waals surface area contributed by atoms with Crippen molar-refractivity contribution in [1.82, 2.24) is 10.7 Å². The first kappa shape index (κ1) is 19.6. The number of rotatable bonds is 6. The minimum absolute atomic E-state index is 0.0313. The summed E-state index contributed by atoms with van der Waals surface area (Å²) in [6, 6.07) is 5.14. The number of hydrogen-bond acceptors (Lipinski definition) is 5. The molecule has 0 heterocycles. The molecule has 0 atom stereocenters. The highest BCUT2D eigenvalue weighted by Crippen LogP contribution is 2.19. The maximum atomic E-state index is 11.9. The molecule has 1 rings (SSSR count). The van der Waals surface area contributed by atoms with Gasteiger partial charge in [0.2, 0.25) is 5.91 Å². The maximum Gasteiger partial charge on any atom is 0.329 e. The van der Waals surface area contributed by atoms with Gasteiger partial charge in [-0.2, -0.15) is 5.10 Å². The standard InChI is InChI=1S/C15H19ClN4O4/c1-9-3-4-11(8-12(9)16)18-13(22)7-10(2)19-20-15(24)14(23)17-5-6-21/h3-4,8,21H,5-7H2,1-2H3,(H,17,23)(H,18,22)(H,20,24). The van der Waals surface area contributed by atoms with Crippen LogP contribution in [0.1, 0.15) is 18.9 Å². The summed E-state index contributed by atoms with van der Waals surface area (Å²) in [5, 5.41) is 17.6. The van der Waals surface area contributed by atoms with Gasteiger partial charge < -0.3 is 15.7 Å². The van der Waals surface area contributed by atoms with Gasteiger partial charge in [0.05, 0.1) is 13.0 Å². The lowest BCUT2D eigenvalue weighted by Gasteiger charge is -2.07. The minimum atomic E-state index is -0.978. The van der Waals surface area contributed by atoms with Crippen LogP contribution in [0.4, 0.5) is 5.69 Å². The Morgan fingerprint density at radius 1 is 1.25 bits per heavy atom. The van der Waals surface area contributed by atoms with E-state index < -0.39 is 11.8 Å². The van der Waals surface area contributed by atoms with Crippen LogP contribution in [0.2, 0.25) is 5.02 Å². The monoisotopic (exact) mass is 354 g/mol. The van der Waals surface area contributed by atoms with Crippen LogP contribution in [-0.2, 0) is 14.4 Å². The van der Waals surface area contributed by atoms with Crippen molar-refractivity contribution in [2.75, 3.05) is 18.5 Å². The molecule has 0 saturated heterocycles. The van der Waals surface area contributed by atoms with Gasteiger partial charge in [0.1, 0.15) is 0 Å². The normalized spacial score (nSPS) is 10.9. The summed E-state index contributed by atoms with van der Waals surface area (Å²) in [5.41, 5.74) is 3.79. The van der Waals surface area contributed by atoms with Crippen LogP contribution in [0.3, 0.4) is 0 Å². The highest BCUT2D eigenvalue weighted by molar-refractivity contribution is 6.35. The zero-order valence-corrected chi connectivity index (χ0v) is 14.1. The summed E-state index contributed by atoms with van der Waals surface area (Å²) in [6.45, 7) is 3.08. The number of amides is 3. The van der Waals surface area contributed by atoms with Crippen molar-refractivity contribution >= 4 is 40.7 Å². The van der Waals surface area contributed by atoms with Gasteiger partial charge in [0, 0.05) is 23.0 Å². The third-order valence-corrected chi connectivity index (χ3v) is 3.23. The Kier molecular flexibility index (Phi) is 7.87. The lowest BCUT2D eigenvalue weighted by atomic mass is 10.2. The summed E-state index contributed by atoms with van der Waals surface area (Å²) in [4.78, 5) is 34.5. The van der Waals surface area contributed by atoms with E-state index in [1.807, 2.05) is 12.3 Å². The second-order valence-electron chi connectivity index (χ2n) is 4.96. The minimum Gasteiger partial charge on any atom is -0.395 e. The third-order valence-electron chi connectivity index (χ3n) is 2.82. The Hall–Kier alpha value is -2.45. The summed E-state index contributed by atoms with van der Waals surface area (Å²) in [6.07, 6.45) is -0.0654. The van der Waals surface area contributed by atoms with Crippen LogP contribution in [0.15, 0.2) is 23.3 Å². The number of carbonyl (C=O) groups excluding carboxylic acids is 3. The van der Waals surface area contributed by atoms with Crippen molar-refractivity contribution < 1.29 is 19.5 Å². The summed E-state index contributed by atoms with van der Waals surface area (Å²) < 4.78 is 0. The van der Waals surface area contributed by atoms with Crippen LogP contribution >= 0.6 is 11.6 Å². The number of hydrazone groups is 1. The number of halogens is 1. The lowest BCUT2D eigenvalue weighted by molar-refractivity contribution is -0.139. The average molecular weight is 355 g/mol. The number of hydrogen-bond donors (Lipinski definition) is 4. The van der Waals surface area contributed by atoms with Gasteiger partial charge in [-0.05, 0) is 31.5 Å². The van der Waals surface area contributed by atoms with Crippen molar-refractivity contribution in [3.8, 4) is 0 Å². The van der Waals surface area contributed by atoms with Crippen molar-refractivity contribution in [2.45, 2.75) is 20.3 Å². The lowest BCUT2D eigenvalue weighted by Crippen LogP contribution is -2.39. The van der Waals surface area contributed by atoms with Gasteiger partial charge in [0.15, 0.2) is 0 Å². The molecule has 0 aliphatic rings. The Morgan fingerprint density at radius 2 is 1.96 bits per heavy atom. The first-order chi connectivity index (χ1) is 11.3. The fraction of sp³-hybridized carbons (Fsp3) is 0.333. The third kappa shape index (κ3) is 6.76. The van der Waals surface area contributed by atoms with Crippen molar-refractivity contribution in [3.05, 3.63) is 28.8 Å². The second-order valence-corrected chi connectivity index (χ2v) is 5.36. The van der Waals surface area contributed by atoms with Gasteiger partial charge in [-0.25, -0.2) is 5.43 Å². The molecule has 1 aromatic carbocycles. The van der Waals surface area contributed by atoms with E-state index in [1.54, 1.807) is 18.2 Å². The smallest absolute Gasteiger partial charge is 0.329 e. The molecule has 0 unspecified atom stereocenters. The molecule has 8 nitrogen and oxygen atoms in total. The van der Waals surface area contributed by atoms with Crippen molar-refractivity contribution in [3.63, 3.8) is 0 Å². The average Bonchev–Trinajstić information content (AvgIpc) is 2.53. The van der Waals surface area contributed by atoms with E-state index in [0.717, 1.165) is 5.56 Å². The number of anilines is 1. The van der Waals surface area contributed by atoms with Gasteiger partial charge in [-0.1, -0.05) is 17.7 Å². The fourth-order valence-corrected chi connectivity index (χ4v) is 1.77. The highest BCUT2D eigenvalue weighted by Gasteiger charge is 2.12. The highest BCUT2D eigenvalue weighted by atomic mass is 35.5. The topological polar surface area (TPSA) is 120 Å². The number of benzene rings is 1. The van der Waals surface area contributed by atoms with Crippen LogP contribution in [-0.4, -0.2) is 41.7 Å². The Balaban J connectivity index is 2.49. The van der Waals surface area contributed by atoms with E-state index in [2.05, 4.69) is 15.7 Å². The molecule has 0 aliphatic carbocycles. The molecule has 0 radical (unpaired) electrons. The van der Waals surface area contributed by atoms with Gasteiger partial charge in [-0.15, -0.1) is 0 Å². The largest absolute Gasteiger partial charge is 0.395 e. The maximum absolute atomic E-state index is 11.9. The Labute approximate surface area is 144 Å². The molecule has 130 valence electrons. The molecular formula is C15H19ClN4O4. The van der Waals surface area contributed by atoms with E-state index in [-0.39, 0.29) is 25.5 Å². The molecular weight excluding hydrogens is 336 g/mol. The molecule has 9 heteroatoms. The Bertz CT molecular complexity index is 661. The number of nitrogens with one attached hydrogen (secondary N) is 3. The zero-order chi connectivity index (χ0) is 18.1. The van der Waals surface area contributed by atoms with E-state index in [4.69, 9.17) is 16.7 Å². The molecule has 0 bridgehead atoms. The number of carbonyl (C=O) groups is 3. The summed E-state index contributed by atoms with van der Waals surface area (Å²) in [7, 11) is 0. The molecule has 1 aromatic rings.